The van der Waals surface area contributed by atoms with E-state index in [1.165, 1.54) is 17.8 Å². The summed E-state index contributed by atoms with van der Waals surface area (Å²) >= 11 is 1.42. The third-order valence-electron chi connectivity index (χ3n) is 4.51. The summed E-state index contributed by atoms with van der Waals surface area (Å²) in [6, 6.07) is 13.6. The van der Waals surface area contributed by atoms with E-state index in [1.54, 1.807) is 34.1 Å². The zero-order valence-corrected chi connectivity index (χ0v) is 15.6. The van der Waals surface area contributed by atoms with Crippen LogP contribution in [0.5, 0.6) is 0 Å². The monoisotopic (exact) mass is 385 g/mol. The first kappa shape index (κ1) is 18.9. The SMILES string of the molecule is CSc1ccc([N+](=O)[O-])c(C(=O)N2CCN(C(=O)c3ccccc3)CC2)c1. The molecular weight excluding hydrogens is 366 g/mol. The molecule has 0 N–H and O–H groups in total. The molecule has 0 saturated carbocycles. The van der Waals surface area contributed by atoms with E-state index in [0.717, 1.165) is 4.90 Å². The molecule has 0 bridgehead atoms. The van der Waals surface area contributed by atoms with Crippen LogP contribution in [-0.2, 0) is 0 Å². The minimum absolute atomic E-state index is 0.0712. The van der Waals surface area contributed by atoms with Crippen LogP contribution in [0.15, 0.2) is 53.4 Å². The summed E-state index contributed by atoms with van der Waals surface area (Å²) in [5, 5.41) is 11.3. The zero-order valence-electron chi connectivity index (χ0n) is 14.8. The summed E-state index contributed by atoms with van der Waals surface area (Å²) in [6.07, 6.45) is 1.85. The van der Waals surface area contributed by atoms with Gasteiger partial charge in [0.05, 0.1) is 4.92 Å². The second-order valence-corrected chi connectivity index (χ2v) is 6.97. The Morgan fingerprint density at radius 2 is 1.56 bits per heavy atom. The van der Waals surface area contributed by atoms with Crippen LogP contribution in [0.1, 0.15) is 20.7 Å². The molecule has 2 aromatic rings. The Morgan fingerprint density at radius 1 is 0.963 bits per heavy atom. The van der Waals surface area contributed by atoms with Crippen LogP contribution in [0.2, 0.25) is 0 Å². The van der Waals surface area contributed by atoms with Crippen molar-refractivity contribution in [2.24, 2.45) is 0 Å². The molecule has 7 nitrogen and oxygen atoms in total. The Bertz CT molecular complexity index is 865. The van der Waals surface area contributed by atoms with Gasteiger partial charge in [-0.25, -0.2) is 0 Å². The molecule has 1 fully saturated rings. The number of thioether (sulfide) groups is 1. The van der Waals surface area contributed by atoms with Crippen molar-refractivity contribution >= 4 is 29.3 Å². The molecule has 0 spiro atoms. The highest BCUT2D eigenvalue weighted by Gasteiger charge is 2.29. The van der Waals surface area contributed by atoms with E-state index in [1.807, 2.05) is 24.5 Å². The number of nitro groups is 1. The zero-order chi connectivity index (χ0) is 19.4. The molecule has 140 valence electrons. The number of nitrogens with zero attached hydrogens (tertiary/aromatic N) is 3. The summed E-state index contributed by atoms with van der Waals surface area (Å²) in [4.78, 5) is 40.2. The van der Waals surface area contributed by atoms with Gasteiger partial charge in [0.25, 0.3) is 17.5 Å². The summed E-state index contributed by atoms with van der Waals surface area (Å²) in [6.45, 7) is 1.49. The standard InChI is InChI=1S/C19H19N3O4S/c1-27-15-7-8-17(22(25)26)16(13-15)19(24)21-11-9-20(10-12-21)18(23)14-5-3-2-4-6-14/h2-8,13H,9-12H2,1H3. The molecular formula is C19H19N3O4S. The number of carbonyl (C=O) groups excluding carboxylic acids is 2. The highest BCUT2D eigenvalue weighted by Crippen LogP contribution is 2.26. The molecule has 0 aromatic heterocycles. The fourth-order valence-corrected chi connectivity index (χ4v) is 3.46. The van der Waals surface area contributed by atoms with Gasteiger partial charge in [-0.3, -0.25) is 19.7 Å². The second-order valence-electron chi connectivity index (χ2n) is 6.09. The van der Waals surface area contributed by atoms with Gasteiger partial charge in [-0.1, -0.05) is 18.2 Å². The smallest absolute Gasteiger partial charge is 0.282 e. The minimum Gasteiger partial charge on any atom is -0.335 e. The van der Waals surface area contributed by atoms with Gasteiger partial charge in [-0.15, -0.1) is 11.8 Å². The fourth-order valence-electron chi connectivity index (χ4n) is 3.02. The van der Waals surface area contributed by atoms with E-state index < -0.39 is 4.92 Å². The lowest BCUT2D eigenvalue weighted by molar-refractivity contribution is -0.385. The highest BCUT2D eigenvalue weighted by molar-refractivity contribution is 7.98. The maximum absolute atomic E-state index is 12.8. The van der Waals surface area contributed by atoms with Gasteiger partial charge in [0.1, 0.15) is 5.56 Å². The molecule has 2 amide bonds. The van der Waals surface area contributed by atoms with Crippen LogP contribution in [0.3, 0.4) is 0 Å². The van der Waals surface area contributed by atoms with Gasteiger partial charge < -0.3 is 9.80 Å². The highest BCUT2D eigenvalue weighted by atomic mass is 32.2. The summed E-state index contributed by atoms with van der Waals surface area (Å²) in [5.41, 5.74) is 0.510. The average molecular weight is 385 g/mol. The number of amides is 2. The Kier molecular flexibility index (Phi) is 5.75. The van der Waals surface area contributed by atoms with Crippen molar-refractivity contribution in [3.05, 3.63) is 69.8 Å². The van der Waals surface area contributed by atoms with Crippen LogP contribution >= 0.6 is 11.8 Å². The summed E-state index contributed by atoms with van der Waals surface area (Å²) in [7, 11) is 0. The molecule has 3 rings (SSSR count). The molecule has 1 aliphatic heterocycles. The van der Waals surface area contributed by atoms with Gasteiger partial charge in [-0.05, 0) is 30.5 Å². The number of nitro benzene ring substituents is 1. The van der Waals surface area contributed by atoms with Gasteiger partial charge in [0.2, 0.25) is 0 Å². The number of benzene rings is 2. The Morgan fingerprint density at radius 3 is 2.11 bits per heavy atom. The lowest BCUT2D eigenvalue weighted by Gasteiger charge is -2.34. The number of hydrogen-bond donors (Lipinski definition) is 0. The third kappa shape index (κ3) is 4.11. The fraction of sp³-hybridized carbons (Fsp3) is 0.263. The van der Waals surface area contributed by atoms with Gasteiger partial charge >= 0.3 is 0 Å². The first-order valence-electron chi connectivity index (χ1n) is 8.47. The minimum atomic E-state index is -0.535. The van der Waals surface area contributed by atoms with Crippen LogP contribution in [0, 0.1) is 10.1 Å². The maximum atomic E-state index is 12.8. The number of hydrogen-bond acceptors (Lipinski definition) is 5. The molecule has 2 aromatic carbocycles. The average Bonchev–Trinajstić information content (AvgIpc) is 2.72. The first-order valence-corrected chi connectivity index (χ1v) is 9.69. The maximum Gasteiger partial charge on any atom is 0.282 e. The molecule has 1 aliphatic rings. The van der Waals surface area contributed by atoms with Crippen LogP contribution < -0.4 is 0 Å². The molecule has 0 atom stereocenters. The van der Waals surface area contributed by atoms with E-state index in [0.29, 0.717) is 31.7 Å². The topological polar surface area (TPSA) is 83.8 Å². The predicted octanol–water partition coefficient (Wildman–Crippen LogP) is 2.91. The van der Waals surface area contributed by atoms with Gasteiger partial charge in [0, 0.05) is 42.7 Å². The summed E-state index contributed by atoms with van der Waals surface area (Å²) in [5.74, 6) is -0.442. The first-order chi connectivity index (χ1) is 13.0. The van der Waals surface area contributed by atoms with E-state index in [9.17, 15) is 19.7 Å². The van der Waals surface area contributed by atoms with Crippen LogP contribution in [0.25, 0.3) is 0 Å². The van der Waals surface area contributed by atoms with Crippen molar-refractivity contribution in [1.29, 1.82) is 0 Å². The lowest BCUT2D eigenvalue weighted by Crippen LogP contribution is -2.50. The lowest BCUT2D eigenvalue weighted by atomic mass is 10.1. The molecule has 27 heavy (non-hydrogen) atoms. The van der Waals surface area contributed by atoms with Crippen molar-refractivity contribution in [1.82, 2.24) is 9.80 Å². The third-order valence-corrected chi connectivity index (χ3v) is 5.23. The molecule has 0 radical (unpaired) electrons. The van der Waals surface area contributed by atoms with E-state index >= 15 is 0 Å². The van der Waals surface area contributed by atoms with Crippen molar-refractivity contribution in [2.45, 2.75) is 4.90 Å². The summed E-state index contributed by atoms with van der Waals surface area (Å²) < 4.78 is 0. The molecule has 8 heteroatoms. The van der Waals surface area contributed by atoms with Crippen molar-refractivity contribution in [2.75, 3.05) is 32.4 Å². The largest absolute Gasteiger partial charge is 0.335 e. The van der Waals surface area contributed by atoms with E-state index in [4.69, 9.17) is 0 Å². The van der Waals surface area contributed by atoms with Crippen molar-refractivity contribution in [3.63, 3.8) is 0 Å². The van der Waals surface area contributed by atoms with Crippen molar-refractivity contribution in [3.8, 4) is 0 Å². The second kappa shape index (κ2) is 8.22. The molecule has 1 heterocycles. The van der Waals surface area contributed by atoms with Crippen LogP contribution in [0.4, 0.5) is 5.69 Å². The normalized spacial score (nSPS) is 14.1. The van der Waals surface area contributed by atoms with Gasteiger partial charge in [-0.2, -0.15) is 0 Å². The van der Waals surface area contributed by atoms with Crippen molar-refractivity contribution < 1.29 is 14.5 Å². The predicted molar refractivity (Wildman–Crippen MR) is 103 cm³/mol. The van der Waals surface area contributed by atoms with Crippen LogP contribution in [-0.4, -0.2) is 59.0 Å². The molecule has 0 aliphatic carbocycles. The Hall–Kier alpha value is -2.87. The molecule has 0 unspecified atom stereocenters. The molecule has 1 saturated heterocycles. The number of rotatable bonds is 4. The number of carbonyl (C=O) groups is 2. The Labute approximate surface area is 161 Å². The quantitative estimate of drug-likeness (QED) is 0.459. The Balaban J connectivity index is 1.72. The van der Waals surface area contributed by atoms with E-state index in [-0.39, 0.29) is 23.1 Å². The van der Waals surface area contributed by atoms with E-state index in [2.05, 4.69) is 0 Å². The van der Waals surface area contributed by atoms with Gasteiger partial charge in [0.15, 0.2) is 0 Å². The number of piperazine rings is 1.